The van der Waals surface area contributed by atoms with Crippen molar-refractivity contribution in [2.24, 2.45) is 5.41 Å². The van der Waals surface area contributed by atoms with Gasteiger partial charge in [-0.15, -0.1) is 0 Å². The summed E-state index contributed by atoms with van der Waals surface area (Å²) in [6, 6.07) is 19.2. The first kappa shape index (κ1) is 17.4. The zero-order valence-corrected chi connectivity index (χ0v) is 18.1. The lowest BCUT2D eigenvalue weighted by atomic mass is 10.0. The van der Waals surface area contributed by atoms with Crippen LogP contribution in [0.15, 0.2) is 71.4 Å². The van der Waals surface area contributed by atoms with Gasteiger partial charge in [-0.25, -0.2) is 0 Å². The van der Waals surface area contributed by atoms with Crippen LogP contribution in [0.4, 0.5) is 0 Å². The van der Waals surface area contributed by atoms with Crippen LogP contribution in [-0.4, -0.2) is 20.8 Å². The van der Waals surface area contributed by atoms with Gasteiger partial charge in [0.15, 0.2) is 0 Å². The van der Waals surface area contributed by atoms with Crippen molar-refractivity contribution in [2.45, 2.75) is 52.8 Å². The summed E-state index contributed by atoms with van der Waals surface area (Å²) in [4.78, 5) is 0. The van der Waals surface area contributed by atoms with E-state index in [1.807, 2.05) is 48.5 Å². The largest absolute Gasteiger partial charge is 0.374 e. The van der Waals surface area contributed by atoms with E-state index in [2.05, 4.69) is 33.5 Å². The van der Waals surface area contributed by atoms with E-state index in [0.29, 0.717) is 18.8 Å². The molecule has 0 bridgehead atoms. The Bertz CT molecular complexity index is 855. The summed E-state index contributed by atoms with van der Waals surface area (Å²) in [7, 11) is -1.52. The molecule has 27 heavy (non-hydrogen) atoms. The van der Waals surface area contributed by atoms with E-state index in [0.717, 1.165) is 5.56 Å². The summed E-state index contributed by atoms with van der Waals surface area (Å²) >= 11 is 0. The zero-order valence-electron chi connectivity index (χ0n) is 19.1. The minimum Gasteiger partial charge on any atom is -0.374 e. The Hall–Kier alpha value is -1.68. The Labute approximate surface area is 168 Å². The topological polar surface area (TPSA) is 18.5 Å². The molecule has 0 fully saturated rings. The van der Waals surface area contributed by atoms with Gasteiger partial charge < -0.3 is 9.47 Å². The molecular formula is C24H32O2Si. The van der Waals surface area contributed by atoms with E-state index >= 15 is 0 Å². The third-order valence-corrected chi connectivity index (χ3v) is 7.45. The Kier molecular flexibility index (Phi) is 5.25. The predicted octanol–water partition coefficient (Wildman–Crippen LogP) is 6.00. The van der Waals surface area contributed by atoms with Gasteiger partial charge in [-0.3, -0.25) is 0 Å². The lowest BCUT2D eigenvalue weighted by Gasteiger charge is -2.19. The van der Waals surface area contributed by atoms with E-state index in [-0.39, 0.29) is 5.41 Å². The summed E-state index contributed by atoms with van der Waals surface area (Å²) in [5.41, 5.74) is 2.84. The summed E-state index contributed by atoms with van der Waals surface area (Å²) in [5, 5.41) is 1.47. The molecular weight excluding hydrogens is 348 g/mol. The Morgan fingerprint density at radius 3 is 2.00 bits per heavy atom. The SMILES string of the molecule is [2H]C([2H])(OC(COCc1ccccc1)C1=C([Si](C)(C)C)C1(C)C)c1ccccc1. The van der Waals surface area contributed by atoms with Gasteiger partial charge in [0.05, 0.1) is 30.6 Å². The van der Waals surface area contributed by atoms with Crippen LogP contribution in [0.25, 0.3) is 0 Å². The second kappa shape index (κ2) is 8.13. The zero-order chi connectivity index (χ0) is 21.3. The maximum absolute atomic E-state index is 8.55. The second-order valence-corrected chi connectivity index (χ2v) is 13.7. The second-order valence-electron chi connectivity index (χ2n) is 8.74. The third kappa shape index (κ3) is 4.98. The highest BCUT2D eigenvalue weighted by molar-refractivity contribution is 6.84. The van der Waals surface area contributed by atoms with Crippen molar-refractivity contribution in [3.8, 4) is 0 Å². The smallest absolute Gasteiger partial charge is 0.103 e. The Morgan fingerprint density at radius 1 is 0.926 bits per heavy atom. The molecule has 0 saturated carbocycles. The molecule has 3 heteroatoms. The average molecular weight is 383 g/mol. The molecule has 2 nitrogen and oxygen atoms in total. The number of ether oxygens (including phenoxy) is 2. The van der Waals surface area contributed by atoms with Crippen molar-refractivity contribution in [2.75, 3.05) is 6.61 Å². The lowest BCUT2D eigenvalue weighted by Crippen LogP contribution is -2.22. The maximum atomic E-state index is 8.55. The first-order chi connectivity index (χ1) is 13.5. The Morgan fingerprint density at radius 2 is 1.48 bits per heavy atom. The van der Waals surface area contributed by atoms with E-state index in [1.165, 1.54) is 10.8 Å². The fraction of sp³-hybridized carbons (Fsp3) is 0.417. The van der Waals surface area contributed by atoms with E-state index in [9.17, 15) is 0 Å². The summed E-state index contributed by atoms with van der Waals surface area (Å²) < 4.78 is 29.2. The lowest BCUT2D eigenvalue weighted by molar-refractivity contribution is -0.0118. The monoisotopic (exact) mass is 382 g/mol. The van der Waals surface area contributed by atoms with Crippen LogP contribution in [0.2, 0.25) is 19.6 Å². The third-order valence-electron chi connectivity index (χ3n) is 5.05. The van der Waals surface area contributed by atoms with Gasteiger partial charge in [0.1, 0.15) is 6.10 Å². The molecule has 1 unspecified atom stereocenters. The first-order valence-corrected chi connectivity index (χ1v) is 13.1. The van der Waals surface area contributed by atoms with Crippen molar-refractivity contribution in [1.82, 2.24) is 0 Å². The molecule has 0 spiro atoms. The number of rotatable bonds is 9. The Balaban J connectivity index is 1.81. The van der Waals surface area contributed by atoms with Gasteiger partial charge in [0.25, 0.3) is 0 Å². The van der Waals surface area contributed by atoms with Crippen LogP contribution in [-0.2, 0) is 22.6 Å². The van der Waals surface area contributed by atoms with Gasteiger partial charge in [-0.05, 0) is 16.7 Å². The molecule has 2 aromatic carbocycles. The molecule has 1 atom stereocenters. The highest BCUT2D eigenvalue weighted by Crippen LogP contribution is 2.58. The molecule has 0 amide bonds. The van der Waals surface area contributed by atoms with Gasteiger partial charge in [0.2, 0.25) is 0 Å². The summed E-state index contributed by atoms with van der Waals surface area (Å²) in [5.74, 6) is 0. The predicted molar refractivity (Wildman–Crippen MR) is 115 cm³/mol. The molecule has 0 heterocycles. The van der Waals surface area contributed by atoms with Crippen molar-refractivity contribution in [1.29, 1.82) is 0 Å². The fourth-order valence-electron chi connectivity index (χ4n) is 4.08. The van der Waals surface area contributed by atoms with Crippen LogP contribution in [0.1, 0.15) is 27.7 Å². The molecule has 0 saturated heterocycles. The molecule has 2 aromatic rings. The van der Waals surface area contributed by atoms with Crippen LogP contribution >= 0.6 is 0 Å². The van der Waals surface area contributed by atoms with Crippen molar-refractivity contribution >= 4 is 8.07 Å². The maximum Gasteiger partial charge on any atom is 0.103 e. The normalized spacial score (nSPS) is 18.7. The minimum atomic E-state index is -1.88. The molecule has 1 aliphatic rings. The van der Waals surface area contributed by atoms with E-state index < -0.39 is 20.7 Å². The molecule has 3 rings (SSSR count). The molecule has 0 N–H and O–H groups in total. The van der Waals surface area contributed by atoms with Crippen molar-refractivity contribution in [3.63, 3.8) is 0 Å². The van der Waals surface area contributed by atoms with Crippen LogP contribution < -0.4 is 0 Å². The van der Waals surface area contributed by atoms with Crippen molar-refractivity contribution < 1.29 is 12.2 Å². The highest BCUT2D eigenvalue weighted by Gasteiger charge is 2.53. The van der Waals surface area contributed by atoms with E-state index in [1.54, 1.807) is 12.1 Å². The van der Waals surface area contributed by atoms with Crippen LogP contribution in [0.5, 0.6) is 0 Å². The number of benzene rings is 2. The molecule has 0 aromatic heterocycles. The fourth-order valence-corrected chi connectivity index (χ4v) is 7.31. The number of hydrogen-bond donors (Lipinski definition) is 0. The molecule has 144 valence electrons. The van der Waals surface area contributed by atoms with E-state index in [4.69, 9.17) is 12.2 Å². The molecule has 1 aliphatic carbocycles. The molecule has 0 radical (unpaired) electrons. The van der Waals surface area contributed by atoms with Crippen LogP contribution in [0, 0.1) is 5.41 Å². The number of hydrogen-bond acceptors (Lipinski definition) is 2. The molecule has 0 aliphatic heterocycles. The van der Waals surface area contributed by atoms with Gasteiger partial charge in [0, 0.05) is 5.41 Å². The quantitative estimate of drug-likeness (QED) is 0.495. The van der Waals surface area contributed by atoms with Crippen LogP contribution in [0.3, 0.4) is 0 Å². The summed E-state index contributed by atoms with van der Waals surface area (Å²) in [6.07, 6.45) is -0.398. The average Bonchev–Trinajstić information content (AvgIpc) is 3.25. The standard InChI is InChI=1S/C24H32O2Si/c1-24(2)22(23(24)27(3,4)5)21(26-17-20-14-10-7-11-15-20)18-25-16-19-12-8-6-9-13-19/h6-15,21H,16-18H2,1-5H3/i17D2. The minimum absolute atomic E-state index is 0.0159. The highest BCUT2D eigenvalue weighted by atomic mass is 28.3. The van der Waals surface area contributed by atoms with Crippen molar-refractivity contribution in [3.05, 3.63) is 82.6 Å². The summed E-state index contributed by atoms with van der Waals surface area (Å²) in [6.45, 7) is 10.4. The van der Waals surface area contributed by atoms with Gasteiger partial charge in [-0.1, -0.05) is 99.3 Å². The van der Waals surface area contributed by atoms with Gasteiger partial charge in [-0.2, -0.15) is 0 Å². The van der Waals surface area contributed by atoms with Gasteiger partial charge >= 0.3 is 0 Å². The number of allylic oxidation sites excluding steroid dienone is 1. The first-order valence-electron chi connectivity index (χ1n) is 10.6.